The van der Waals surface area contributed by atoms with Crippen LogP contribution in [-0.4, -0.2) is 19.3 Å². The molecule has 5 nitrogen and oxygen atoms in total. The first kappa shape index (κ1) is 15.4. The van der Waals surface area contributed by atoms with Crippen molar-refractivity contribution < 1.29 is 24.3 Å². The number of hydrogen-bond donors (Lipinski definition) is 1. The number of benzene rings is 2. The SMILES string of the molecule is Cc1ccccc1C[NH+](CC(=O)[O-])Cc1ccc2c(c1)OCO2. The molecule has 5 heteroatoms. The van der Waals surface area contributed by atoms with E-state index >= 15 is 0 Å². The van der Waals surface area contributed by atoms with Crippen molar-refractivity contribution in [1.29, 1.82) is 0 Å². The number of fused-ring (bicyclic) bond motifs is 1. The van der Waals surface area contributed by atoms with E-state index in [2.05, 4.69) is 0 Å². The summed E-state index contributed by atoms with van der Waals surface area (Å²) < 4.78 is 10.7. The molecule has 120 valence electrons. The lowest BCUT2D eigenvalue weighted by atomic mass is 10.1. The molecule has 2 aromatic rings. The molecule has 0 fully saturated rings. The Kier molecular flexibility index (Phi) is 4.48. The van der Waals surface area contributed by atoms with Gasteiger partial charge < -0.3 is 24.3 Å². The van der Waals surface area contributed by atoms with Crippen LogP contribution in [0.3, 0.4) is 0 Å². The van der Waals surface area contributed by atoms with Crippen molar-refractivity contribution in [2.24, 2.45) is 0 Å². The molecule has 3 rings (SSSR count). The van der Waals surface area contributed by atoms with Crippen LogP contribution in [0.25, 0.3) is 0 Å². The summed E-state index contributed by atoms with van der Waals surface area (Å²) in [5.41, 5.74) is 3.32. The molecule has 0 amide bonds. The third-order valence-electron chi connectivity index (χ3n) is 3.99. The minimum atomic E-state index is -1.05. The topological polar surface area (TPSA) is 63.0 Å². The number of rotatable bonds is 6. The summed E-state index contributed by atoms with van der Waals surface area (Å²) >= 11 is 0. The van der Waals surface area contributed by atoms with E-state index in [1.54, 1.807) is 0 Å². The fourth-order valence-electron chi connectivity index (χ4n) is 2.81. The third kappa shape index (κ3) is 3.81. The normalized spacial score (nSPS) is 13.8. The molecule has 1 aliphatic rings. The number of carbonyl (C=O) groups excluding carboxylic acids is 1. The van der Waals surface area contributed by atoms with Crippen LogP contribution in [0, 0.1) is 6.92 Å². The molecule has 0 aromatic heterocycles. The summed E-state index contributed by atoms with van der Waals surface area (Å²) in [7, 11) is 0. The Morgan fingerprint density at radius 3 is 2.70 bits per heavy atom. The maximum Gasteiger partial charge on any atom is 0.231 e. The van der Waals surface area contributed by atoms with Gasteiger partial charge in [0, 0.05) is 11.1 Å². The molecule has 0 saturated carbocycles. The van der Waals surface area contributed by atoms with Gasteiger partial charge in [-0.3, -0.25) is 0 Å². The first-order chi connectivity index (χ1) is 11.1. The van der Waals surface area contributed by atoms with Gasteiger partial charge in [-0.15, -0.1) is 0 Å². The lowest BCUT2D eigenvalue weighted by molar-refractivity contribution is -0.922. The largest absolute Gasteiger partial charge is 0.544 e. The van der Waals surface area contributed by atoms with Crippen LogP contribution in [-0.2, 0) is 17.9 Å². The van der Waals surface area contributed by atoms with E-state index < -0.39 is 5.97 Å². The molecule has 1 heterocycles. The lowest BCUT2D eigenvalue weighted by Crippen LogP contribution is -3.10. The molecule has 1 aliphatic heterocycles. The van der Waals surface area contributed by atoms with Crippen molar-refractivity contribution in [1.82, 2.24) is 0 Å². The van der Waals surface area contributed by atoms with E-state index in [4.69, 9.17) is 9.47 Å². The van der Waals surface area contributed by atoms with Crippen molar-refractivity contribution in [3.05, 3.63) is 59.2 Å². The lowest BCUT2D eigenvalue weighted by Gasteiger charge is -2.21. The zero-order chi connectivity index (χ0) is 16.2. The third-order valence-corrected chi connectivity index (χ3v) is 3.99. The molecule has 0 aliphatic carbocycles. The Morgan fingerprint density at radius 1 is 1.13 bits per heavy atom. The molecule has 0 bridgehead atoms. The van der Waals surface area contributed by atoms with Crippen LogP contribution in [0.4, 0.5) is 0 Å². The number of carbonyl (C=O) groups is 1. The highest BCUT2D eigenvalue weighted by atomic mass is 16.7. The Balaban J connectivity index is 1.76. The summed E-state index contributed by atoms with van der Waals surface area (Å²) in [6, 6.07) is 13.7. The van der Waals surface area contributed by atoms with E-state index in [9.17, 15) is 9.90 Å². The summed E-state index contributed by atoms with van der Waals surface area (Å²) in [6.07, 6.45) is 0. The van der Waals surface area contributed by atoms with E-state index in [1.807, 2.05) is 49.4 Å². The summed E-state index contributed by atoms with van der Waals surface area (Å²) in [4.78, 5) is 12.0. The first-order valence-electron chi connectivity index (χ1n) is 7.58. The highest BCUT2D eigenvalue weighted by Gasteiger charge is 2.17. The minimum absolute atomic E-state index is 0.0389. The second-order valence-electron chi connectivity index (χ2n) is 5.77. The standard InChI is InChI=1S/C18H19NO4/c1-13-4-2-3-5-15(13)10-19(11-18(20)21)9-14-6-7-16-17(8-14)23-12-22-16/h2-8H,9-12H2,1H3,(H,20,21). The number of aliphatic carboxylic acids is 1. The second-order valence-corrected chi connectivity index (χ2v) is 5.77. The van der Waals surface area contributed by atoms with Crippen molar-refractivity contribution in [3.8, 4) is 11.5 Å². The zero-order valence-corrected chi connectivity index (χ0v) is 13.0. The molecule has 1 unspecified atom stereocenters. The van der Waals surface area contributed by atoms with Crippen LogP contribution >= 0.6 is 0 Å². The molecule has 1 N–H and O–H groups in total. The molecular formula is C18H19NO4. The maximum absolute atomic E-state index is 11.1. The Morgan fingerprint density at radius 2 is 1.91 bits per heavy atom. The van der Waals surface area contributed by atoms with Crippen LogP contribution < -0.4 is 19.5 Å². The smallest absolute Gasteiger partial charge is 0.231 e. The van der Waals surface area contributed by atoms with Gasteiger partial charge in [-0.1, -0.05) is 24.3 Å². The van der Waals surface area contributed by atoms with Gasteiger partial charge in [-0.2, -0.15) is 0 Å². The van der Waals surface area contributed by atoms with Crippen LogP contribution in [0.1, 0.15) is 16.7 Å². The van der Waals surface area contributed by atoms with Gasteiger partial charge in [-0.05, 0) is 30.7 Å². The van der Waals surface area contributed by atoms with Crippen LogP contribution in [0.15, 0.2) is 42.5 Å². The Labute approximate surface area is 135 Å². The maximum atomic E-state index is 11.1. The van der Waals surface area contributed by atoms with Crippen LogP contribution in [0.2, 0.25) is 0 Å². The number of carboxylic acids is 1. The second kappa shape index (κ2) is 6.71. The molecule has 1 atom stereocenters. The highest BCUT2D eigenvalue weighted by molar-refractivity contribution is 5.65. The number of hydrogen-bond acceptors (Lipinski definition) is 4. The highest BCUT2D eigenvalue weighted by Crippen LogP contribution is 2.32. The van der Waals surface area contributed by atoms with Gasteiger partial charge in [0.1, 0.15) is 19.6 Å². The van der Waals surface area contributed by atoms with E-state index in [0.717, 1.165) is 27.3 Å². The first-order valence-corrected chi connectivity index (χ1v) is 7.58. The number of carboxylic acid groups (broad SMARTS) is 1. The number of nitrogens with one attached hydrogen (secondary N) is 1. The Bertz CT molecular complexity index is 714. The number of quaternary nitrogens is 1. The molecule has 2 aromatic carbocycles. The molecular weight excluding hydrogens is 294 g/mol. The van der Waals surface area contributed by atoms with Crippen molar-refractivity contribution in [2.45, 2.75) is 20.0 Å². The van der Waals surface area contributed by atoms with Crippen LogP contribution in [0.5, 0.6) is 11.5 Å². The van der Waals surface area contributed by atoms with Gasteiger partial charge >= 0.3 is 0 Å². The van der Waals surface area contributed by atoms with E-state index in [0.29, 0.717) is 18.8 Å². The number of aryl methyl sites for hydroxylation is 1. The fourth-order valence-corrected chi connectivity index (χ4v) is 2.81. The Hall–Kier alpha value is -2.53. The summed E-state index contributed by atoms with van der Waals surface area (Å²) in [6.45, 7) is 3.45. The molecule has 0 saturated heterocycles. The predicted octanol–water partition coefficient (Wildman–Crippen LogP) is 0.0587. The van der Waals surface area contributed by atoms with E-state index in [1.165, 1.54) is 0 Å². The van der Waals surface area contributed by atoms with Gasteiger partial charge in [0.05, 0.1) is 5.97 Å². The summed E-state index contributed by atoms with van der Waals surface area (Å²) in [5, 5.41) is 11.1. The van der Waals surface area contributed by atoms with Crippen molar-refractivity contribution >= 4 is 5.97 Å². The number of ether oxygens (including phenoxy) is 2. The predicted molar refractivity (Wildman–Crippen MR) is 82.0 cm³/mol. The molecule has 0 radical (unpaired) electrons. The minimum Gasteiger partial charge on any atom is -0.544 e. The summed E-state index contributed by atoms with van der Waals surface area (Å²) in [5.74, 6) is 0.398. The monoisotopic (exact) mass is 313 g/mol. The van der Waals surface area contributed by atoms with E-state index in [-0.39, 0.29) is 13.3 Å². The van der Waals surface area contributed by atoms with Gasteiger partial charge in [0.2, 0.25) is 6.79 Å². The zero-order valence-electron chi connectivity index (χ0n) is 13.0. The quantitative estimate of drug-likeness (QED) is 0.819. The van der Waals surface area contributed by atoms with Gasteiger partial charge in [0.15, 0.2) is 11.5 Å². The fraction of sp³-hybridized carbons (Fsp3) is 0.278. The average molecular weight is 313 g/mol. The van der Waals surface area contributed by atoms with Crippen molar-refractivity contribution in [3.63, 3.8) is 0 Å². The van der Waals surface area contributed by atoms with Crippen molar-refractivity contribution in [2.75, 3.05) is 13.3 Å². The van der Waals surface area contributed by atoms with Gasteiger partial charge in [0.25, 0.3) is 0 Å². The molecule has 23 heavy (non-hydrogen) atoms. The van der Waals surface area contributed by atoms with Gasteiger partial charge in [-0.25, -0.2) is 0 Å². The average Bonchev–Trinajstić information content (AvgIpc) is 2.96. The molecule has 0 spiro atoms.